The summed E-state index contributed by atoms with van der Waals surface area (Å²) in [7, 11) is 0. The number of benzene rings is 2. The smallest absolute Gasteiger partial charge is 0.312 e. The summed E-state index contributed by atoms with van der Waals surface area (Å²) in [5.74, 6) is -0.189. The fraction of sp³-hybridized carbons (Fsp3) is 0.250. The third-order valence-corrected chi connectivity index (χ3v) is 5.57. The van der Waals surface area contributed by atoms with Crippen molar-refractivity contribution in [1.82, 2.24) is 14.3 Å². The van der Waals surface area contributed by atoms with E-state index in [-0.39, 0.29) is 11.6 Å². The largest absolute Gasteiger partial charge is 0.347 e. The van der Waals surface area contributed by atoms with Crippen molar-refractivity contribution in [3.05, 3.63) is 87.4 Å². The Morgan fingerprint density at radius 3 is 2.53 bits per heavy atom. The number of nitro groups is 1. The molecule has 0 aliphatic carbocycles. The molecule has 8 nitrogen and oxygen atoms in total. The third kappa shape index (κ3) is 4.12. The van der Waals surface area contributed by atoms with Gasteiger partial charge in [0.2, 0.25) is 0 Å². The summed E-state index contributed by atoms with van der Waals surface area (Å²) in [6, 6.07) is 15.1. The number of fused-ring (bicyclic) bond motifs is 1. The van der Waals surface area contributed by atoms with E-state index in [2.05, 4.69) is 34.2 Å². The number of hydrogen-bond donors (Lipinski definition) is 1. The van der Waals surface area contributed by atoms with Crippen LogP contribution in [0.5, 0.6) is 0 Å². The van der Waals surface area contributed by atoms with Crippen LogP contribution in [0.2, 0.25) is 0 Å². The molecule has 1 amide bonds. The van der Waals surface area contributed by atoms with E-state index in [1.54, 1.807) is 30.7 Å². The number of anilines is 1. The normalized spacial score (nSPS) is 11.1. The molecule has 0 saturated heterocycles. The minimum absolute atomic E-state index is 0.0444. The van der Waals surface area contributed by atoms with Gasteiger partial charge in [-0.2, -0.15) is 5.10 Å². The molecule has 0 saturated carbocycles. The predicted molar refractivity (Wildman–Crippen MR) is 124 cm³/mol. The van der Waals surface area contributed by atoms with Gasteiger partial charge in [-0.3, -0.25) is 19.6 Å². The van der Waals surface area contributed by atoms with Crippen LogP contribution in [0, 0.1) is 24.0 Å². The Hall–Kier alpha value is -3.94. The summed E-state index contributed by atoms with van der Waals surface area (Å²) < 4.78 is 3.82. The lowest BCUT2D eigenvalue weighted by Gasteiger charge is -2.08. The Balaban J connectivity index is 1.46. The topological polar surface area (TPSA) is 95.0 Å². The second-order valence-corrected chi connectivity index (χ2v) is 7.87. The van der Waals surface area contributed by atoms with Crippen LogP contribution in [0.25, 0.3) is 10.9 Å². The van der Waals surface area contributed by atoms with Crippen LogP contribution >= 0.6 is 0 Å². The number of nitrogens with zero attached hydrogens (tertiary/aromatic N) is 4. The maximum atomic E-state index is 12.7. The van der Waals surface area contributed by atoms with Crippen LogP contribution in [-0.2, 0) is 13.1 Å². The molecule has 4 aromatic rings. The Morgan fingerprint density at radius 2 is 1.88 bits per heavy atom. The van der Waals surface area contributed by atoms with E-state index >= 15 is 0 Å². The van der Waals surface area contributed by atoms with Crippen molar-refractivity contribution in [2.24, 2.45) is 0 Å². The summed E-state index contributed by atoms with van der Waals surface area (Å²) in [6.07, 6.45) is 3.13. The first-order valence-electron chi connectivity index (χ1n) is 10.5. The highest BCUT2D eigenvalue weighted by Gasteiger charge is 2.21. The molecule has 164 valence electrons. The first-order valence-corrected chi connectivity index (χ1v) is 10.5. The van der Waals surface area contributed by atoms with Crippen LogP contribution in [0.4, 0.5) is 11.4 Å². The number of hydrogen-bond acceptors (Lipinski definition) is 4. The van der Waals surface area contributed by atoms with Gasteiger partial charge in [0, 0.05) is 34.9 Å². The number of aromatic nitrogens is 3. The summed E-state index contributed by atoms with van der Waals surface area (Å²) in [6.45, 7) is 6.82. The lowest BCUT2D eigenvalue weighted by Crippen LogP contribution is -2.12. The molecule has 0 atom stereocenters. The summed E-state index contributed by atoms with van der Waals surface area (Å²) in [5, 5.41) is 19.5. The average Bonchev–Trinajstić information content (AvgIpc) is 3.28. The molecule has 2 aromatic heterocycles. The Morgan fingerprint density at radius 1 is 1.12 bits per heavy atom. The Labute approximate surface area is 185 Å². The van der Waals surface area contributed by atoms with Crippen molar-refractivity contribution in [3.8, 4) is 0 Å². The summed E-state index contributed by atoms with van der Waals surface area (Å²) in [4.78, 5) is 23.5. The fourth-order valence-electron chi connectivity index (χ4n) is 3.96. The third-order valence-electron chi connectivity index (χ3n) is 5.57. The highest BCUT2D eigenvalue weighted by atomic mass is 16.6. The molecule has 0 aliphatic rings. The van der Waals surface area contributed by atoms with E-state index in [4.69, 9.17) is 0 Å². The average molecular weight is 431 g/mol. The quantitative estimate of drug-likeness (QED) is 0.326. The SMILES string of the molecule is CCCn1ccc2cc(NC(=O)c3ccc(Cn4nc(C)c([N+](=O)[O-])c4C)cc3)ccc21. The molecule has 0 spiro atoms. The number of carbonyl (C=O) groups excluding carboxylic acids is 1. The van der Waals surface area contributed by atoms with Crippen molar-refractivity contribution in [1.29, 1.82) is 0 Å². The highest BCUT2D eigenvalue weighted by molar-refractivity contribution is 6.05. The van der Waals surface area contributed by atoms with Crippen LogP contribution in [0.1, 0.15) is 40.7 Å². The maximum Gasteiger partial charge on any atom is 0.312 e. The first-order chi connectivity index (χ1) is 15.4. The van der Waals surface area contributed by atoms with Gasteiger partial charge in [-0.05, 0) is 62.2 Å². The molecule has 0 bridgehead atoms. The van der Waals surface area contributed by atoms with Gasteiger partial charge in [-0.15, -0.1) is 0 Å². The first kappa shape index (κ1) is 21.3. The Bertz CT molecular complexity index is 1300. The van der Waals surface area contributed by atoms with Gasteiger partial charge in [0.25, 0.3) is 5.91 Å². The van der Waals surface area contributed by atoms with Crippen LogP contribution < -0.4 is 5.32 Å². The van der Waals surface area contributed by atoms with E-state index in [0.29, 0.717) is 23.5 Å². The van der Waals surface area contributed by atoms with Crippen molar-refractivity contribution in [2.45, 2.75) is 40.3 Å². The minimum Gasteiger partial charge on any atom is -0.347 e. The van der Waals surface area contributed by atoms with Crippen LogP contribution in [0.15, 0.2) is 54.7 Å². The number of carbonyl (C=O) groups is 1. The molecule has 2 heterocycles. The minimum atomic E-state index is -0.405. The number of aryl methyl sites for hydroxylation is 2. The van der Waals surface area contributed by atoms with Gasteiger partial charge in [0.15, 0.2) is 0 Å². The summed E-state index contributed by atoms with van der Waals surface area (Å²) in [5.41, 5.74) is 4.29. The molecular weight excluding hydrogens is 406 g/mol. The molecular formula is C24H25N5O3. The molecule has 1 N–H and O–H groups in total. The van der Waals surface area contributed by atoms with Gasteiger partial charge in [0.05, 0.1) is 11.5 Å². The van der Waals surface area contributed by atoms with Gasteiger partial charge in [-0.1, -0.05) is 19.1 Å². The molecule has 4 rings (SSSR count). The zero-order chi connectivity index (χ0) is 22.8. The second kappa shape index (κ2) is 8.66. The van der Waals surface area contributed by atoms with Crippen molar-refractivity contribution >= 4 is 28.2 Å². The second-order valence-electron chi connectivity index (χ2n) is 7.87. The molecule has 2 aromatic carbocycles. The van der Waals surface area contributed by atoms with E-state index in [1.807, 2.05) is 30.3 Å². The van der Waals surface area contributed by atoms with E-state index < -0.39 is 4.92 Å². The van der Waals surface area contributed by atoms with Gasteiger partial charge in [0.1, 0.15) is 11.4 Å². The van der Waals surface area contributed by atoms with Crippen molar-refractivity contribution in [3.63, 3.8) is 0 Å². The Kier molecular flexibility index (Phi) is 5.77. The van der Waals surface area contributed by atoms with E-state index in [0.717, 1.165) is 35.1 Å². The molecule has 32 heavy (non-hydrogen) atoms. The number of rotatable bonds is 7. The summed E-state index contributed by atoms with van der Waals surface area (Å²) >= 11 is 0. The zero-order valence-electron chi connectivity index (χ0n) is 18.3. The van der Waals surface area contributed by atoms with Gasteiger partial charge < -0.3 is 9.88 Å². The zero-order valence-corrected chi connectivity index (χ0v) is 18.3. The monoisotopic (exact) mass is 431 g/mol. The van der Waals surface area contributed by atoms with Crippen molar-refractivity contribution in [2.75, 3.05) is 5.32 Å². The van der Waals surface area contributed by atoms with E-state index in [9.17, 15) is 14.9 Å². The van der Waals surface area contributed by atoms with Gasteiger partial charge in [-0.25, -0.2) is 0 Å². The number of nitrogens with one attached hydrogen (secondary N) is 1. The molecule has 0 aliphatic heterocycles. The molecule has 0 fully saturated rings. The lowest BCUT2D eigenvalue weighted by molar-refractivity contribution is -0.386. The van der Waals surface area contributed by atoms with Crippen molar-refractivity contribution < 1.29 is 9.72 Å². The molecule has 8 heteroatoms. The predicted octanol–water partition coefficient (Wildman–Crippen LogP) is 5.07. The highest BCUT2D eigenvalue weighted by Crippen LogP contribution is 2.23. The van der Waals surface area contributed by atoms with E-state index in [1.165, 1.54) is 0 Å². The molecule has 0 unspecified atom stereocenters. The lowest BCUT2D eigenvalue weighted by atomic mass is 10.1. The molecule has 0 radical (unpaired) electrons. The standard InChI is InChI=1S/C24H25N5O3/c1-4-12-27-13-11-20-14-21(9-10-22(20)27)25-24(30)19-7-5-18(6-8-19)15-28-17(3)23(29(31)32)16(2)26-28/h5-11,13-14H,4,12,15H2,1-3H3,(H,25,30). The number of amides is 1. The van der Waals surface area contributed by atoms with Crippen LogP contribution in [-0.4, -0.2) is 25.2 Å². The maximum absolute atomic E-state index is 12.7. The van der Waals surface area contributed by atoms with Gasteiger partial charge >= 0.3 is 5.69 Å². The fourth-order valence-corrected chi connectivity index (χ4v) is 3.96. The van der Waals surface area contributed by atoms with Crippen LogP contribution in [0.3, 0.4) is 0 Å².